The summed E-state index contributed by atoms with van der Waals surface area (Å²) in [7, 11) is 0. The molecule has 1 aromatic heterocycles. The first-order valence-electron chi connectivity index (χ1n) is 9.35. The largest absolute Gasteiger partial charge is 0.370 e. The third-order valence-corrected chi connectivity index (χ3v) is 5.19. The number of rotatable bonds is 5. The van der Waals surface area contributed by atoms with E-state index in [9.17, 15) is 4.79 Å². The van der Waals surface area contributed by atoms with Gasteiger partial charge in [-0.3, -0.25) is 4.79 Å². The third kappa shape index (κ3) is 4.31. The van der Waals surface area contributed by atoms with E-state index >= 15 is 0 Å². The van der Waals surface area contributed by atoms with Gasteiger partial charge in [0, 0.05) is 30.7 Å². The van der Waals surface area contributed by atoms with Crippen molar-refractivity contribution in [2.45, 2.75) is 19.4 Å². The molecule has 2 aromatic carbocycles. The number of benzene rings is 2. The zero-order chi connectivity index (χ0) is 19.3. The summed E-state index contributed by atoms with van der Waals surface area (Å²) in [6.07, 6.45) is 3.16. The van der Waals surface area contributed by atoms with Gasteiger partial charge < -0.3 is 10.2 Å². The van der Waals surface area contributed by atoms with Crippen LogP contribution in [0.5, 0.6) is 0 Å². The van der Waals surface area contributed by atoms with Crippen LogP contribution in [0.3, 0.4) is 0 Å². The van der Waals surface area contributed by atoms with Crippen LogP contribution in [-0.2, 0) is 19.4 Å². The van der Waals surface area contributed by atoms with E-state index in [4.69, 9.17) is 11.6 Å². The number of fused-ring (bicyclic) bond motifs is 1. The maximum Gasteiger partial charge on any atom is 0.272 e. The van der Waals surface area contributed by atoms with Crippen molar-refractivity contribution in [3.63, 3.8) is 0 Å². The number of halogens is 1. The van der Waals surface area contributed by atoms with Crippen LogP contribution in [-0.4, -0.2) is 33.9 Å². The van der Waals surface area contributed by atoms with Gasteiger partial charge in [-0.1, -0.05) is 48.0 Å². The average Bonchev–Trinajstić information content (AvgIpc) is 2.74. The van der Waals surface area contributed by atoms with Crippen LogP contribution in [0.1, 0.15) is 27.2 Å². The molecule has 0 bridgehead atoms. The number of hydrogen-bond acceptors (Lipinski definition) is 4. The van der Waals surface area contributed by atoms with E-state index in [1.54, 1.807) is 6.07 Å². The maximum absolute atomic E-state index is 12.9. The normalized spacial score (nSPS) is 13.1. The van der Waals surface area contributed by atoms with Crippen molar-refractivity contribution >= 4 is 23.3 Å². The Morgan fingerprint density at radius 2 is 1.86 bits per heavy atom. The molecule has 28 heavy (non-hydrogen) atoms. The van der Waals surface area contributed by atoms with Gasteiger partial charge >= 0.3 is 0 Å². The molecule has 1 aliphatic rings. The Balaban J connectivity index is 1.38. The molecule has 0 radical (unpaired) electrons. The fraction of sp³-hybridized carbons (Fsp3) is 0.227. The number of hydrogen-bond donors (Lipinski definition) is 1. The minimum absolute atomic E-state index is 0.0577. The molecule has 0 aliphatic carbocycles. The molecule has 142 valence electrons. The summed E-state index contributed by atoms with van der Waals surface area (Å²) in [6.45, 7) is 2.04. The highest BCUT2D eigenvalue weighted by atomic mass is 35.5. The minimum atomic E-state index is -0.0577. The van der Waals surface area contributed by atoms with E-state index in [2.05, 4.69) is 27.4 Å². The molecule has 4 rings (SSSR count). The van der Waals surface area contributed by atoms with Gasteiger partial charge in [-0.2, -0.15) is 0 Å². The van der Waals surface area contributed by atoms with Gasteiger partial charge in [-0.05, 0) is 41.7 Å². The quantitative estimate of drug-likeness (QED) is 0.713. The lowest BCUT2D eigenvalue weighted by molar-refractivity contribution is 0.0728. The molecule has 0 saturated heterocycles. The van der Waals surface area contributed by atoms with Crippen LogP contribution in [0.25, 0.3) is 0 Å². The van der Waals surface area contributed by atoms with Gasteiger partial charge in [-0.25, -0.2) is 9.97 Å². The Labute approximate surface area is 169 Å². The fourth-order valence-electron chi connectivity index (χ4n) is 3.39. The van der Waals surface area contributed by atoms with Crippen molar-refractivity contribution in [2.75, 3.05) is 18.4 Å². The number of nitrogens with zero attached hydrogens (tertiary/aromatic N) is 3. The predicted molar refractivity (Wildman–Crippen MR) is 111 cm³/mol. The first kappa shape index (κ1) is 18.4. The second kappa shape index (κ2) is 8.40. The first-order valence-corrected chi connectivity index (χ1v) is 9.73. The summed E-state index contributed by atoms with van der Waals surface area (Å²) in [6, 6.07) is 17.8. The molecule has 6 heteroatoms. The summed E-state index contributed by atoms with van der Waals surface area (Å²) < 4.78 is 0. The molecule has 2 heterocycles. The lowest BCUT2D eigenvalue weighted by Crippen LogP contribution is -2.36. The number of carbonyl (C=O) groups excluding carboxylic acids is 1. The highest BCUT2D eigenvalue weighted by Crippen LogP contribution is 2.20. The second-order valence-electron chi connectivity index (χ2n) is 6.84. The Hall–Kier alpha value is -2.92. The number of carbonyl (C=O) groups is 1. The lowest BCUT2D eigenvalue weighted by atomic mass is 10.00. The Bertz CT molecular complexity index is 974. The standard InChI is InChI=1S/C22H21ClN4O/c23-19-7-5-16(6-8-19)9-11-24-21-13-20(25-15-26-21)22(28)27-12-10-17-3-1-2-4-18(17)14-27/h1-8,13,15H,9-12,14H2,(H,24,25,26). The van der Waals surface area contributed by atoms with Crippen molar-refractivity contribution in [3.05, 3.63) is 88.3 Å². The number of anilines is 1. The smallest absolute Gasteiger partial charge is 0.272 e. The van der Waals surface area contributed by atoms with Gasteiger partial charge in [0.1, 0.15) is 17.8 Å². The Morgan fingerprint density at radius 3 is 2.68 bits per heavy atom. The molecular weight excluding hydrogens is 372 g/mol. The first-order chi connectivity index (χ1) is 13.7. The molecule has 0 spiro atoms. The van der Waals surface area contributed by atoms with Crippen molar-refractivity contribution in [1.82, 2.24) is 14.9 Å². The van der Waals surface area contributed by atoms with Crippen LogP contribution in [0.4, 0.5) is 5.82 Å². The zero-order valence-electron chi connectivity index (χ0n) is 15.4. The molecule has 1 N–H and O–H groups in total. The average molecular weight is 393 g/mol. The molecule has 0 unspecified atom stereocenters. The van der Waals surface area contributed by atoms with Crippen LogP contribution in [0.15, 0.2) is 60.9 Å². The highest BCUT2D eigenvalue weighted by molar-refractivity contribution is 6.30. The van der Waals surface area contributed by atoms with Crippen LogP contribution < -0.4 is 5.32 Å². The van der Waals surface area contributed by atoms with E-state index < -0.39 is 0 Å². The van der Waals surface area contributed by atoms with E-state index in [-0.39, 0.29) is 5.91 Å². The van der Waals surface area contributed by atoms with Crippen molar-refractivity contribution in [2.24, 2.45) is 0 Å². The topological polar surface area (TPSA) is 58.1 Å². The number of amides is 1. The van der Waals surface area contributed by atoms with Gasteiger partial charge in [0.05, 0.1) is 0 Å². The van der Waals surface area contributed by atoms with Gasteiger partial charge in [0.15, 0.2) is 0 Å². The van der Waals surface area contributed by atoms with Gasteiger partial charge in [0.2, 0.25) is 0 Å². The molecule has 0 atom stereocenters. The molecular formula is C22H21ClN4O. The zero-order valence-corrected chi connectivity index (χ0v) is 16.2. The molecule has 1 aliphatic heterocycles. The molecule has 0 fully saturated rings. The van der Waals surface area contributed by atoms with Crippen molar-refractivity contribution in [1.29, 1.82) is 0 Å². The summed E-state index contributed by atoms with van der Waals surface area (Å²) in [5, 5.41) is 4.00. The van der Waals surface area contributed by atoms with Gasteiger partial charge in [0.25, 0.3) is 5.91 Å². The van der Waals surface area contributed by atoms with Crippen LogP contribution in [0, 0.1) is 0 Å². The van der Waals surface area contributed by atoms with Crippen LogP contribution >= 0.6 is 11.6 Å². The summed E-state index contributed by atoms with van der Waals surface area (Å²) in [5.74, 6) is 0.599. The lowest BCUT2D eigenvalue weighted by Gasteiger charge is -2.28. The Kier molecular flexibility index (Phi) is 5.53. The number of aromatic nitrogens is 2. The molecule has 1 amide bonds. The SMILES string of the molecule is O=C(c1cc(NCCc2ccc(Cl)cc2)ncn1)N1CCc2ccccc2C1. The van der Waals surface area contributed by atoms with E-state index in [1.165, 1.54) is 23.0 Å². The van der Waals surface area contributed by atoms with E-state index in [1.807, 2.05) is 41.3 Å². The summed E-state index contributed by atoms with van der Waals surface area (Å²) in [4.78, 5) is 23.2. The van der Waals surface area contributed by atoms with E-state index in [0.717, 1.165) is 17.9 Å². The Morgan fingerprint density at radius 1 is 1.07 bits per heavy atom. The van der Waals surface area contributed by atoms with Crippen LogP contribution in [0.2, 0.25) is 5.02 Å². The monoisotopic (exact) mass is 392 g/mol. The highest BCUT2D eigenvalue weighted by Gasteiger charge is 2.22. The van der Waals surface area contributed by atoms with E-state index in [0.29, 0.717) is 31.1 Å². The molecule has 3 aromatic rings. The maximum atomic E-state index is 12.9. The molecule has 5 nitrogen and oxygen atoms in total. The summed E-state index contributed by atoms with van der Waals surface area (Å²) >= 11 is 5.91. The van der Waals surface area contributed by atoms with Gasteiger partial charge in [-0.15, -0.1) is 0 Å². The second-order valence-corrected chi connectivity index (χ2v) is 7.27. The predicted octanol–water partition coefficient (Wildman–Crippen LogP) is 3.98. The minimum Gasteiger partial charge on any atom is -0.370 e. The number of nitrogens with one attached hydrogen (secondary N) is 1. The van der Waals surface area contributed by atoms with Crippen molar-refractivity contribution in [3.8, 4) is 0 Å². The van der Waals surface area contributed by atoms with Crippen molar-refractivity contribution < 1.29 is 4.79 Å². The fourth-order valence-corrected chi connectivity index (χ4v) is 3.51. The summed E-state index contributed by atoms with van der Waals surface area (Å²) in [5.41, 5.74) is 4.13. The third-order valence-electron chi connectivity index (χ3n) is 4.94. The molecule has 0 saturated carbocycles.